The van der Waals surface area contributed by atoms with Crippen LogP contribution in [0.15, 0.2) is 24.3 Å². The van der Waals surface area contributed by atoms with Crippen molar-refractivity contribution in [3.63, 3.8) is 0 Å². The molecular weight excluding hydrogens is 358 g/mol. The minimum Gasteiger partial charge on any atom is -0.465 e. The smallest absolute Gasteiger partial charge is 0.407 e. The van der Waals surface area contributed by atoms with Crippen molar-refractivity contribution >= 4 is 33.5 Å². The van der Waals surface area contributed by atoms with Gasteiger partial charge in [0.2, 0.25) is 5.50 Å². The summed E-state index contributed by atoms with van der Waals surface area (Å²) in [5, 5.41) is 12.2. The summed E-state index contributed by atoms with van der Waals surface area (Å²) >= 11 is 5.89. The lowest BCUT2D eigenvalue weighted by atomic mass is 10.0. The van der Waals surface area contributed by atoms with Crippen LogP contribution in [0.3, 0.4) is 0 Å². The van der Waals surface area contributed by atoms with Crippen molar-refractivity contribution in [2.24, 2.45) is 0 Å². The van der Waals surface area contributed by atoms with Crippen LogP contribution in [0.2, 0.25) is 5.02 Å². The number of nitrogens with zero attached hydrogens (tertiary/aromatic N) is 2. The predicted molar refractivity (Wildman–Crippen MR) is 90.8 cm³/mol. The first-order valence-electron chi connectivity index (χ1n) is 7.36. The van der Waals surface area contributed by atoms with Gasteiger partial charge >= 0.3 is 16.2 Å². The van der Waals surface area contributed by atoms with Crippen LogP contribution >= 0.6 is 11.6 Å². The van der Waals surface area contributed by atoms with Crippen molar-refractivity contribution in [3.8, 4) is 0 Å². The molecule has 1 aliphatic heterocycles. The van der Waals surface area contributed by atoms with Gasteiger partial charge in [0.25, 0.3) is 0 Å². The zero-order valence-corrected chi connectivity index (χ0v) is 14.7. The standard InChI is InChI=1S/C14H20ClN3O5S/c1-17(12-5-7-18(8-6-12)14(19)20)13(24(21,22)23)16-11-4-2-3-10(15)9-11/h2-4,9,12-13,16H,5-8H2,1H3,(H,19,20)(H,21,22,23). The molecule has 1 heterocycles. The Morgan fingerprint density at radius 3 is 2.54 bits per heavy atom. The summed E-state index contributed by atoms with van der Waals surface area (Å²) < 4.78 is 33.2. The Morgan fingerprint density at radius 2 is 2.04 bits per heavy atom. The Balaban J connectivity index is 2.12. The van der Waals surface area contributed by atoms with E-state index in [9.17, 15) is 17.8 Å². The molecule has 1 fully saturated rings. The van der Waals surface area contributed by atoms with Crippen molar-refractivity contribution < 1.29 is 22.9 Å². The Labute approximate surface area is 145 Å². The Morgan fingerprint density at radius 1 is 1.42 bits per heavy atom. The summed E-state index contributed by atoms with van der Waals surface area (Å²) in [4.78, 5) is 13.7. The third-order valence-electron chi connectivity index (χ3n) is 4.08. The van der Waals surface area contributed by atoms with Gasteiger partial charge in [-0.05, 0) is 38.1 Å². The molecule has 24 heavy (non-hydrogen) atoms. The molecule has 0 aromatic heterocycles. The predicted octanol–water partition coefficient (Wildman–Crippen LogP) is 2.00. The first-order chi connectivity index (χ1) is 11.2. The fourth-order valence-electron chi connectivity index (χ4n) is 2.76. The van der Waals surface area contributed by atoms with Gasteiger partial charge in [-0.25, -0.2) is 4.79 Å². The van der Waals surface area contributed by atoms with Crippen molar-refractivity contribution in [3.05, 3.63) is 29.3 Å². The van der Waals surface area contributed by atoms with Gasteiger partial charge in [0.15, 0.2) is 0 Å². The third kappa shape index (κ3) is 4.73. The maximum atomic E-state index is 11.8. The molecule has 134 valence electrons. The Hall–Kier alpha value is -1.55. The maximum absolute atomic E-state index is 11.8. The van der Waals surface area contributed by atoms with Gasteiger partial charge in [0.05, 0.1) is 0 Å². The van der Waals surface area contributed by atoms with E-state index in [2.05, 4.69) is 5.32 Å². The highest BCUT2D eigenvalue weighted by atomic mass is 35.5. The van der Waals surface area contributed by atoms with Gasteiger partial charge in [0.1, 0.15) is 0 Å². The van der Waals surface area contributed by atoms with Crippen LogP contribution in [-0.2, 0) is 10.1 Å². The van der Waals surface area contributed by atoms with Crippen LogP contribution in [-0.4, -0.2) is 65.6 Å². The number of hydrogen-bond acceptors (Lipinski definition) is 5. The highest BCUT2D eigenvalue weighted by molar-refractivity contribution is 7.86. The number of benzene rings is 1. The zero-order valence-electron chi connectivity index (χ0n) is 13.1. The zero-order chi connectivity index (χ0) is 17.9. The molecule has 0 spiro atoms. The molecule has 0 aliphatic carbocycles. The average molecular weight is 378 g/mol. The Bertz CT molecular complexity index is 691. The lowest BCUT2D eigenvalue weighted by Gasteiger charge is -2.38. The van der Waals surface area contributed by atoms with E-state index in [0.717, 1.165) is 0 Å². The lowest BCUT2D eigenvalue weighted by molar-refractivity contribution is 0.102. The first-order valence-corrected chi connectivity index (χ1v) is 9.25. The molecule has 1 unspecified atom stereocenters. The van der Waals surface area contributed by atoms with E-state index in [4.69, 9.17) is 16.7 Å². The quantitative estimate of drug-likeness (QED) is 0.531. The summed E-state index contributed by atoms with van der Waals surface area (Å²) in [6, 6.07) is 6.34. The number of carbonyl (C=O) groups is 1. The number of amides is 1. The molecule has 2 rings (SSSR count). The topological polar surface area (TPSA) is 110 Å². The summed E-state index contributed by atoms with van der Waals surface area (Å²) in [6.07, 6.45) is -0.0301. The lowest BCUT2D eigenvalue weighted by Crippen LogP contribution is -2.53. The molecular formula is C14H20ClN3O5S. The minimum absolute atomic E-state index is 0.181. The first kappa shape index (κ1) is 18.8. The van der Waals surface area contributed by atoms with Crippen LogP contribution < -0.4 is 5.32 Å². The number of rotatable bonds is 5. The van der Waals surface area contributed by atoms with E-state index in [-0.39, 0.29) is 6.04 Å². The summed E-state index contributed by atoms with van der Waals surface area (Å²) in [6.45, 7) is 0.638. The SMILES string of the molecule is CN(C1CCN(C(=O)O)CC1)C(Nc1cccc(Cl)c1)S(=O)(=O)O. The summed E-state index contributed by atoms with van der Waals surface area (Å²) in [5.74, 6) is 0. The molecule has 1 aromatic rings. The second kappa shape index (κ2) is 7.56. The maximum Gasteiger partial charge on any atom is 0.407 e. The molecule has 1 aromatic carbocycles. The second-order valence-electron chi connectivity index (χ2n) is 5.69. The molecule has 1 amide bonds. The molecule has 0 bridgehead atoms. The molecule has 1 saturated heterocycles. The van der Waals surface area contributed by atoms with E-state index in [0.29, 0.717) is 36.6 Å². The summed E-state index contributed by atoms with van der Waals surface area (Å²) in [5.41, 5.74) is -0.891. The molecule has 8 nitrogen and oxygen atoms in total. The Kier molecular flexibility index (Phi) is 5.92. The fraction of sp³-hybridized carbons (Fsp3) is 0.500. The average Bonchev–Trinajstić information content (AvgIpc) is 2.51. The van der Waals surface area contributed by atoms with Crippen molar-refractivity contribution in [2.45, 2.75) is 24.4 Å². The number of halogens is 1. The minimum atomic E-state index is -4.41. The van der Waals surface area contributed by atoms with Crippen LogP contribution in [0.25, 0.3) is 0 Å². The molecule has 0 saturated carbocycles. The van der Waals surface area contributed by atoms with Crippen molar-refractivity contribution in [1.82, 2.24) is 9.80 Å². The molecule has 10 heteroatoms. The highest BCUT2D eigenvalue weighted by Crippen LogP contribution is 2.22. The van der Waals surface area contributed by atoms with E-state index >= 15 is 0 Å². The van der Waals surface area contributed by atoms with Gasteiger partial charge < -0.3 is 15.3 Å². The fourth-order valence-corrected chi connectivity index (χ4v) is 3.83. The monoisotopic (exact) mass is 377 g/mol. The third-order valence-corrected chi connectivity index (χ3v) is 5.33. The van der Waals surface area contributed by atoms with E-state index < -0.39 is 21.7 Å². The van der Waals surface area contributed by atoms with E-state index in [1.165, 1.54) is 9.80 Å². The number of likely N-dealkylation sites (tertiary alicyclic amines) is 1. The molecule has 3 N–H and O–H groups in total. The number of carboxylic acid groups (broad SMARTS) is 1. The number of anilines is 1. The largest absolute Gasteiger partial charge is 0.465 e. The van der Waals surface area contributed by atoms with Crippen LogP contribution in [0.4, 0.5) is 10.5 Å². The number of piperidine rings is 1. The van der Waals surface area contributed by atoms with Gasteiger partial charge in [-0.3, -0.25) is 9.45 Å². The molecule has 1 aliphatic rings. The van der Waals surface area contributed by atoms with Crippen molar-refractivity contribution in [2.75, 3.05) is 25.5 Å². The van der Waals surface area contributed by atoms with Crippen LogP contribution in [0.1, 0.15) is 12.8 Å². The molecule has 1 atom stereocenters. The van der Waals surface area contributed by atoms with Gasteiger partial charge in [0, 0.05) is 29.8 Å². The highest BCUT2D eigenvalue weighted by Gasteiger charge is 2.34. The van der Waals surface area contributed by atoms with E-state index in [1.54, 1.807) is 31.3 Å². The van der Waals surface area contributed by atoms with Crippen LogP contribution in [0.5, 0.6) is 0 Å². The van der Waals surface area contributed by atoms with Gasteiger partial charge in [-0.2, -0.15) is 8.42 Å². The van der Waals surface area contributed by atoms with Crippen LogP contribution in [0, 0.1) is 0 Å². The van der Waals surface area contributed by atoms with Gasteiger partial charge in [-0.15, -0.1) is 0 Å². The summed E-state index contributed by atoms with van der Waals surface area (Å²) in [7, 11) is -2.83. The number of hydrogen-bond donors (Lipinski definition) is 3. The second-order valence-corrected chi connectivity index (χ2v) is 7.60. The van der Waals surface area contributed by atoms with E-state index in [1.807, 2.05) is 0 Å². The molecule has 0 radical (unpaired) electrons. The normalized spacial score (nSPS) is 17.8. The number of nitrogens with one attached hydrogen (secondary N) is 1. The van der Waals surface area contributed by atoms with Crippen molar-refractivity contribution in [1.29, 1.82) is 0 Å². The van der Waals surface area contributed by atoms with Gasteiger partial charge in [-0.1, -0.05) is 17.7 Å².